The fourth-order valence-corrected chi connectivity index (χ4v) is 1.69. The van der Waals surface area contributed by atoms with Crippen LogP contribution in [0.4, 0.5) is 0 Å². The SMILES string of the molecule is COCC(C)OCCC(C)(NC1CC1)C(N)=O. The van der Waals surface area contributed by atoms with E-state index in [0.29, 0.717) is 25.7 Å². The van der Waals surface area contributed by atoms with Crippen molar-refractivity contribution in [2.24, 2.45) is 5.73 Å². The van der Waals surface area contributed by atoms with E-state index in [2.05, 4.69) is 5.32 Å². The number of methoxy groups -OCH3 is 1. The van der Waals surface area contributed by atoms with Crippen LogP contribution in [0.5, 0.6) is 0 Å². The van der Waals surface area contributed by atoms with Gasteiger partial charge in [-0.2, -0.15) is 0 Å². The average Bonchev–Trinajstić information content (AvgIpc) is 3.01. The van der Waals surface area contributed by atoms with Gasteiger partial charge in [0.05, 0.1) is 18.2 Å². The van der Waals surface area contributed by atoms with Gasteiger partial charge in [-0.1, -0.05) is 0 Å². The first-order valence-electron chi connectivity index (χ1n) is 6.16. The first-order chi connectivity index (χ1) is 7.98. The summed E-state index contributed by atoms with van der Waals surface area (Å²) in [5.74, 6) is -0.313. The Kier molecular flexibility index (Phi) is 5.36. The predicted molar refractivity (Wildman–Crippen MR) is 65.7 cm³/mol. The summed E-state index contributed by atoms with van der Waals surface area (Å²) < 4.78 is 10.5. The summed E-state index contributed by atoms with van der Waals surface area (Å²) >= 11 is 0. The second kappa shape index (κ2) is 6.33. The van der Waals surface area contributed by atoms with Crippen LogP contribution in [0.2, 0.25) is 0 Å². The van der Waals surface area contributed by atoms with Gasteiger partial charge in [0.1, 0.15) is 0 Å². The number of ether oxygens (including phenoxy) is 2. The molecule has 1 aliphatic rings. The number of carbonyl (C=O) groups excluding carboxylic acids is 1. The lowest BCUT2D eigenvalue weighted by Crippen LogP contribution is -2.54. The highest BCUT2D eigenvalue weighted by molar-refractivity contribution is 5.84. The molecule has 0 bridgehead atoms. The van der Waals surface area contributed by atoms with Crippen molar-refractivity contribution in [3.8, 4) is 0 Å². The number of nitrogens with one attached hydrogen (secondary N) is 1. The summed E-state index contributed by atoms with van der Waals surface area (Å²) in [6.45, 7) is 4.85. The Hall–Kier alpha value is -0.650. The summed E-state index contributed by atoms with van der Waals surface area (Å²) in [4.78, 5) is 11.5. The van der Waals surface area contributed by atoms with Crippen molar-refractivity contribution in [3.63, 3.8) is 0 Å². The number of amides is 1. The molecular weight excluding hydrogens is 220 g/mol. The van der Waals surface area contributed by atoms with Gasteiger partial charge in [0, 0.05) is 19.8 Å². The molecular formula is C12H24N2O3. The van der Waals surface area contributed by atoms with Crippen molar-refractivity contribution < 1.29 is 14.3 Å². The lowest BCUT2D eigenvalue weighted by molar-refractivity contribution is -0.125. The van der Waals surface area contributed by atoms with Crippen LogP contribution < -0.4 is 11.1 Å². The van der Waals surface area contributed by atoms with Gasteiger partial charge in [-0.05, 0) is 33.1 Å². The Morgan fingerprint density at radius 3 is 2.71 bits per heavy atom. The van der Waals surface area contributed by atoms with E-state index < -0.39 is 5.54 Å². The minimum absolute atomic E-state index is 0.0399. The second-order valence-corrected chi connectivity index (χ2v) is 5.00. The lowest BCUT2D eigenvalue weighted by atomic mass is 9.97. The van der Waals surface area contributed by atoms with Gasteiger partial charge in [-0.3, -0.25) is 4.79 Å². The minimum atomic E-state index is -0.659. The third-order valence-corrected chi connectivity index (χ3v) is 3.05. The van der Waals surface area contributed by atoms with Crippen molar-refractivity contribution in [2.45, 2.75) is 50.8 Å². The molecule has 100 valence electrons. The molecule has 0 radical (unpaired) electrons. The molecule has 3 N–H and O–H groups in total. The third-order valence-electron chi connectivity index (χ3n) is 3.05. The Balaban J connectivity index is 2.30. The van der Waals surface area contributed by atoms with Crippen LogP contribution in [0.15, 0.2) is 0 Å². The molecule has 0 aromatic rings. The monoisotopic (exact) mass is 244 g/mol. The van der Waals surface area contributed by atoms with Crippen LogP contribution in [0.25, 0.3) is 0 Å². The molecule has 0 saturated heterocycles. The largest absolute Gasteiger partial charge is 0.382 e. The Morgan fingerprint density at radius 1 is 1.59 bits per heavy atom. The van der Waals surface area contributed by atoms with Crippen LogP contribution >= 0.6 is 0 Å². The molecule has 1 saturated carbocycles. The highest BCUT2D eigenvalue weighted by Gasteiger charge is 2.36. The Labute approximate surface area is 103 Å². The molecule has 0 heterocycles. The van der Waals surface area contributed by atoms with E-state index in [4.69, 9.17) is 15.2 Å². The molecule has 0 aliphatic heterocycles. The number of carbonyl (C=O) groups is 1. The maximum atomic E-state index is 11.5. The molecule has 2 atom stereocenters. The first-order valence-corrected chi connectivity index (χ1v) is 6.16. The van der Waals surface area contributed by atoms with Gasteiger partial charge in [0.2, 0.25) is 5.91 Å². The zero-order valence-corrected chi connectivity index (χ0v) is 11.0. The molecule has 0 aromatic heterocycles. The van der Waals surface area contributed by atoms with Crippen LogP contribution in [0, 0.1) is 0 Å². The van der Waals surface area contributed by atoms with Crippen LogP contribution in [-0.4, -0.2) is 43.9 Å². The van der Waals surface area contributed by atoms with E-state index in [0.717, 1.165) is 12.8 Å². The van der Waals surface area contributed by atoms with E-state index in [9.17, 15) is 4.79 Å². The fraction of sp³-hybridized carbons (Fsp3) is 0.917. The second-order valence-electron chi connectivity index (χ2n) is 5.00. The number of nitrogens with two attached hydrogens (primary N) is 1. The number of rotatable bonds is 9. The topological polar surface area (TPSA) is 73.6 Å². The highest BCUT2D eigenvalue weighted by Crippen LogP contribution is 2.24. The summed E-state index contributed by atoms with van der Waals surface area (Å²) in [5, 5.41) is 3.29. The van der Waals surface area contributed by atoms with Gasteiger partial charge in [0.15, 0.2) is 0 Å². The molecule has 0 aromatic carbocycles. The molecule has 1 rings (SSSR count). The molecule has 1 amide bonds. The Bertz CT molecular complexity index is 256. The molecule has 1 aliphatic carbocycles. The molecule has 1 fully saturated rings. The van der Waals surface area contributed by atoms with E-state index in [1.807, 2.05) is 13.8 Å². The van der Waals surface area contributed by atoms with Crippen molar-refractivity contribution in [1.82, 2.24) is 5.32 Å². The van der Waals surface area contributed by atoms with Gasteiger partial charge >= 0.3 is 0 Å². The van der Waals surface area contributed by atoms with Crippen LogP contribution in [0.3, 0.4) is 0 Å². The van der Waals surface area contributed by atoms with Crippen molar-refractivity contribution in [3.05, 3.63) is 0 Å². The molecule has 5 nitrogen and oxygen atoms in total. The zero-order chi connectivity index (χ0) is 12.9. The fourth-order valence-electron chi connectivity index (χ4n) is 1.69. The average molecular weight is 244 g/mol. The molecule has 0 spiro atoms. The summed E-state index contributed by atoms with van der Waals surface area (Å²) in [6, 6.07) is 0.448. The molecule has 17 heavy (non-hydrogen) atoms. The quantitative estimate of drug-likeness (QED) is 0.616. The van der Waals surface area contributed by atoms with Gasteiger partial charge < -0.3 is 20.5 Å². The summed E-state index contributed by atoms with van der Waals surface area (Å²) in [6.07, 6.45) is 2.89. The Morgan fingerprint density at radius 2 is 2.24 bits per heavy atom. The van der Waals surface area contributed by atoms with Crippen molar-refractivity contribution >= 4 is 5.91 Å². The van der Waals surface area contributed by atoms with Gasteiger partial charge in [-0.25, -0.2) is 0 Å². The zero-order valence-electron chi connectivity index (χ0n) is 11.0. The smallest absolute Gasteiger partial charge is 0.237 e. The summed E-state index contributed by atoms with van der Waals surface area (Å²) in [5.41, 5.74) is 4.78. The van der Waals surface area contributed by atoms with Crippen LogP contribution in [-0.2, 0) is 14.3 Å². The lowest BCUT2D eigenvalue weighted by Gasteiger charge is -2.28. The predicted octanol–water partition coefficient (Wildman–Crippen LogP) is 0.424. The van der Waals surface area contributed by atoms with Gasteiger partial charge in [-0.15, -0.1) is 0 Å². The minimum Gasteiger partial charge on any atom is -0.382 e. The normalized spacial score (nSPS) is 20.9. The van der Waals surface area contributed by atoms with E-state index in [1.54, 1.807) is 7.11 Å². The summed E-state index contributed by atoms with van der Waals surface area (Å²) in [7, 11) is 1.64. The molecule has 2 unspecified atom stereocenters. The molecule has 5 heteroatoms. The van der Waals surface area contributed by atoms with Crippen LogP contribution in [0.1, 0.15) is 33.1 Å². The maximum Gasteiger partial charge on any atom is 0.237 e. The standard InChI is InChI=1S/C12H24N2O3/c1-9(8-16-3)17-7-6-12(2,11(13)15)14-10-4-5-10/h9-10,14H,4-8H2,1-3H3,(H2,13,15). The number of hydrogen-bond acceptors (Lipinski definition) is 4. The first kappa shape index (κ1) is 14.4. The number of hydrogen-bond donors (Lipinski definition) is 2. The van der Waals surface area contributed by atoms with E-state index >= 15 is 0 Å². The van der Waals surface area contributed by atoms with Gasteiger partial charge in [0.25, 0.3) is 0 Å². The van der Waals surface area contributed by atoms with Crippen molar-refractivity contribution in [2.75, 3.05) is 20.3 Å². The van der Waals surface area contributed by atoms with E-state index in [1.165, 1.54) is 0 Å². The van der Waals surface area contributed by atoms with Crippen molar-refractivity contribution in [1.29, 1.82) is 0 Å². The highest BCUT2D eigenvalue weighted by atomic mass is 16.5. The number of primary amides is 1. The maximum absolute atomic E-state index is 11.5. The van der Waals surface area contributed by atoms with E-state index in [-0.39, 0.29) is 12.0 Å². The third kappa shape index (κ3) is 5.02.